The van der Waals surface area contributed by atoms with E-state index in [1.807, 2.05) is 0 Å². The first-order valence-electron chi connectivity index (χ1n) is 9.45. The average molecular weight is 408 g/mol. The lowest BCUT2D eigenvalue weighted by Gasteiger charge is -2.32. The first-order chi connectivity index (χ1) is 14.7. The largest absolute Gasteiger partial charge is 0.493 e. The van der Waals surface area contributed by atoms with Crippen LogP contribution in [0, 0.1) is 17.2 Å². The van der Waals surface area contributed by atoms with Crippen LogP contribution in [0.2, 0.25) is 0 Å². The number of likely N-dealkylation sites (tertiary alicyclic amines) is 1. The summed E-state index contributed by atoms with van der Waals surface area (Å²) in [7, 11) is 1.54. The SMILES string of the molecule is COc1cc(C#N)ccc1OCC1CCCN(C(=O)c2nc(-n3cnnc3)n[nH]2)C1. The number of H-pyrrole nitrogens is 1. The Bertz CT molecular complexity index is 1060. The molecular weight excluding hydrogens is 388 g/mol. The number of hydrogen-bond acceptors (Lipinski definition) is 8. The summed E-state index contributed by atoms with van der Waals surface area (Å²) in [5.74, 6) is 1.54. The average Bonchev–Trinajstić information content (AvgIpc) is 3.49. The minimum Gasteiger partial charge on any atom is -0.493 e. The van der Waals surface area contributed by atoms with E-state index < -0.39 is 0 Å². The van der Waals surface area contributed by atoms with E-state index in [0.29, 0.717) is 42.7 Å². The molecule has 1 atom stereocenters. The van der Waals surface area contributed by atoms with Gasteiger partial charge in [0, 0.05) is 25.1 Å². The fourth-order valence-electron chi connectivity index (χ4n) is 3.37. The van der Waals surface area contributed by atoms with Crippen LogP contribution >= 0.6 is 0 Å². The summed E-state index contributed by atoms with van der Waals surface area (Å²) < 4.78 is 12.8. The third kappa shape index (κ3) is 4.07. The summed E-state index contributed by atoms with van der Waals surface area (Å²) in [4.78, 5) is 18.8. The van der Waals surface area contributed by atoms with Gasteiger partial charge in [0.05, 0.1) is 25.3 Å². The number of carbonyl (C=O) groups excluding carboxylic acids is 1. The molecule has 3 heterocycles. The number of amides is 1. The van der Waals surface area contributed by atoms with Crippen LogP contribution in [0.3, 0.4) is 0 Å². The Morgan fingerprint density at radius 3 is 2.93 bits per heavy atom. The lowest BCUT2D eigenvalue weighted by Crippen LogP contribution is -2.42. The standard InChI is InChI=1S/C19H20N8O3/c1-29-16-7-13(8-20)4-5-15(16)30-10-14-3-2-6-26(9-14)18(28)17-23-19(25-24-17)27-11-21-22-12-27/h4-5,7,11-12,14H,2-3,6,9-10H2,1H3,(H,23,24,25). The van der Waals surface area contributed by atoms with Crippen LogP contribution < -0.4 is 9.47 Å². The Morgan fingerprint density at radius 2 is 2.17 bits per heavy atom. The topological polar surface area (TPSA) is 135 Å². The van der Waals surface area contributed by atoms with Gasteiger partial charge in [0.2, 0.25) is 5.82 Å². The normalized spacial score (nSPS) is 16.1. The number of aromatic amines is 1. The third-order valence-electron chi connectivity index (χ3n) is 4.90. The molecule has 0 aliphatic carbocycles. The first-order valence-corrected chi connectivity index (χ1v) is 9.45. The molecule has 11 heteroatoms. The number of rotatable bonds is 6. The maximum absolute atomic E-state index is 12.8. The second kappa shape index (κ2) is 8.60. The monoisotopic (exact) mass is 408 g/mol. The van der Waals surface area contributed by atoms with E-state index >= 15 is 0 Å². The summed E-state index contributed by atoms with van der Waals surface area (Å²) >= 11 is 0. The maximum Gasteiger partial charge on any atom is 0.291 e. The zero-order chi connectivity index (χ0) is 20.9. The summed E-state index contributed by atoms with van der Waals surface area (Å²) in [6.07, 6.45) is 4.74. The lowest BCUT2D eigenvalue weighted by atomic mass is 9.99. The summed E-state index contributed by atoms with van der Waals surface area (Å²) in [5, 5.41) is 23.1. The number of aromatic nitrogens is 6. The lowest BCUT2D eigenvalue weighted by molar-refractivity contribution is 0.0620. The number of piperidine rings is 1. The zero-order valence-electron chi connectivity index (χ0n) is 16.4. The predicted octanol–water partition coefficient (Wildman–Crippen LogP) is 1.20. The van der Waals surface area contributed by atoms with E-state index in [0.717, 1.165) is 12.8 Å². The molecule has 11 nitrogen and oxygen atoms in total. The summed E-state index contributed by atoms with van der Waals surface area (Å²) in [6, 6.07) is 7.13. The van der Waals surface area contributed by atoms with Gasteiger partial charge in [0.15, 0.2) is 11.5 Å². The maximum atomic E-state index is 12.8. The van der Waals surface area contributed by atoms with Crippen LogP contribution in [0.1, 0.15) is 29.0 Å². The van der Waals surface area contributed by atoms with Crippen molar-refractivity contribution >= 4 is 5.91 Å². The smallest absolute Gasteiger partial charge is 0.291 e. The molecule has 1 unspecified atom stereocenters. The Hall–Kier alpha value is -3.94. The van der Waals surface area contributed by atoms with Crippen molar-refractivity contribution in [1.29, 1.82) is 5.26 Å². The molecule has 2 aromatic heterocycles. The number of carbonyl (C=O) groups is 1. The van der Waals surface area contributed by atoms with Crippen LogP contribution in [0.25, 0.3) is 5.95 Å². The van der Waals surface area contributed by atoms with E-state index in [9.17, 15) is 4.79 Å². The Balaban J connectivity index is 1.38. The van der Waals surface area contributed by atoms with Crippen molar-refractivity contribution in [3.63, 3.8) is 0 Å². The highest BCUT2D eigenvalue weighted by Crippen LogP contribution is 2.29. The van der Waals surface area contributed by atoms with E-state index in [1.54, 1.807) is 23.1 Å². The molecule has 0 radical (unpaired) electrons. The molecule has 1 aliphatic rings. The molecular formula is C19H20N8O3. The van der Waals surface area contributed by atoms with E-state index in [2.05, 4.69) is 31.4 Å². The molecule has 0 spiro atoms. The third-order valence-corrected chi connectivity index (χ3v) is 4.90. The van der Waals surface area contributed by atoms with Gasteiger partial charge in [0.25, 0.3) is 11.9 Å². The number of nitriles is 1. The molecule has 1 amide bonds. The second-order valence-corrected chi connectivity index (χ2v) is 6.90. The number of hydrogen-bond donors (Lipinski definition) is 1. The Labute approximate surface area is 172 Å². The highest BCUT2D eigenvalue weighted by Gasteiger charge is 2.27. The van der Waals surface area contributed by atoms with Crippen molar-refractivity contribution < 1.29 is 14.3 Å². The highest BCUT2D eigenvalue weighted by atomic mass is 16.5. The Kier molecular flexibility index (Phi) is 5.56. The molecule has 3 aromatic rings. The number of methoxy groups -OCH3 is 1. The molecule has 4 rings (SSSR count). The molecule has 1 aliphatic heterocycles. The molecule has 0 saturated carbocycles. The molecule has 154 valence electrons. The number of nitrogens with one attached hydrogen (secondary N) is 1. The van der Waals surface area contributed by atoms with E-state index in [1.165, 1.54) is 24.3 Å². The summed E-state index contributed by atoms with van der Waals surface area (Å²) in [5.41, 5.74) is 0.506. The molecule has 0 bridgehead atoms. The molecule has 30 heavy (non-hydrogen) atoms. The van der Waals surface area contributed by atoms with Gasteiger partial charge in [-0.2, -0.15) is 10.2 Å². The Morgan fingerprint density at radius 1 is 1.33 bits per heavy atom. The van der Waals surface area contributed by atoms with Crippen molar-refractivity contribution in [2.45, 2.75) is 12.8 Å². The van der Waals surface area contributed by atoms with Crippen molar-refractivity contribution in [1.82, 2.24) is 34.8 Å². The van der Waals surface area contributed by atoms with Gasteiger partial charge in [-0.15, -0.1) is 15.3 Å². The van der Waals surface area contributed by atoms with Gasteiger partial charge in [-0.3, -0.25) is 14.5 Å². The van der Waals surface area contributed by atoms with Crippen molar-refractivity contribution in [2.24, 2.45) is 5.92 Å². The zero-order valence-corrected chi connectivity index (χ0v) is 16.4. The van der Waals surface area contributed by atoms with Crippen LogP contribution in [0.4, 0.5) is 0 Å². The molecule has 1 aromatic carbocycles. The van der Waals surface area contributed by atoms with Gasteiger partial charge in [-0.05, 0) is 25.0 Å². The van der Waals surface area contributed by atoms with Crippen molar-refractivity contribution in [2.75, 3.05) is 26.8 Å². The molecule has 1 fully saturated rings. The summed E-state index contributed by atoms with van der Waals surface area (Å²) in [6.45, 7) is 1.65. The predicted molar refractivity (Wildman–Crippen MR) is 103 cm³/mol. The second-order valence-electron chi connectivity index (χ2n) is 6.90. The number of ether oxygens (including phenoxy) is 2. The first kappa shape index (κ1) is 19.4. The van der Waals surface area contributed by atoms with Crippen LogP contribution in [0.15, 0.2) is 30.9 Å². The highest BCUT2D eigenvalue weighted by molar-refractivity contribution is 5.90. The van der Waals surface area contributed by atoms with Gasteiger partial charge in [-0.1, -0.05) is 0 Å². The van der Waals surface area contributed by atoms with Gasteiger partial charge in [0.1, 0.15) is 12.7 Å². The minimum atomic E-state index is -0.206. The minimum absolute atomic E-state index is 0.170. The number of nitrogens with zero attached hydrogens (tertiary/aromatic N) is 7. The van der Waals surface area contributed by atoms with Gasteiger partial charge >= 0.3 is 0 Å². The fraction of sp³-hybridized carbons (Fsp3) is 0.368. The van der Waals surface area contributed by atoms with Gasteiger partial charge < -0.3 is 14.4 Å². The quantitative estimate of drug-likeness (QED) is 0.643. The fourth-order valence-corrected chi connectivity index (χ4v) is 3.37. The van der Waals surface area contributed by atoms with E-state index in [4.69, 9.17) is 14.7 Å². The van der Waals surface area contributed by atoms with E-state index in [-0.39, 0.29) is 17.6 Å². The molecule has 1 N–H and O–H groups in total. The van der Waals surface area contributed by atoms with Crippen LogP contribution in [-0.2, 0) is 0 Å². The van der Waals surface area contributed by atoms with Gasteiger partial charge in [-0.25, -0.2) is 0 Å². The van der Waals surface area contributed by atoms with Crippen molar-refractivity contribution in [3.05, 3.63) is 42.2 Å². The van der Waals surface area contributed by atoms with Crippen LogP contribution in [0.5, 0.6) is 11.5 Å². The van der Waals surface area contributed by atoms with Crippen molar-refractivity contribution in [3.8, 4) is 23.5 Å². The van der Waals surface area contributed by atoms with Crippen LogP contribution in [-0.4, -0.2) is 67.6 Å². The number of benzene rings is 1. The molecule has 1 saturated heterocycles.